The molecule has 3 aromatic rings. The van der Waals surface area contributed by atoms with E-state index < -0.39 is 5.82 Å². The van der Waals surface area contributed by atoms with Crippen molar-refractivity contribution in [3.63, 3.8) is 0 Å². The zero-order chi connectivity index (χ0) is 17.1. The predicted octanol–water partition coefficient (Wildman–Crippen LogP) is 3.32. The highest BCUT2D eigenvalue weighted by molar-refractivity contribution is 9.10. The number of hydrogen-bond acceptors (Lipinski definition) is 3. The fourth-order valence-corrected chi connectivity index (χ4v) is 2.68. The molecule has 1 amide bonds. The molecule has 0 saturated carbocycles. The van der Waals surface area contributed by atoms with Gasteiger partial charge in [-0.05, 0) is 28.1 Å². The van der Waals surface area contributed by atoms with E-state index in [4.69, 9.17) is 11.6 Å². The van der Waals surface area contributed by atoms with Gasteiger partial charge in [-0.25, -0.2) is 4.39 Å². The highest BCUT2D eigenvalue weighted by Gasteiger charge is 2.10. The fraction of sp³-hybridized carbons (Fsp3) is 0.133. The predicted molar refractivity (Wildman–Crippen MR) is 91.3 cm³/mol. The Morgan fingerprint density at radius 1 is 1.25 bits per heavy atom. The maximum Gasteiger partial charge on any atom is 0.246 e. The number of hydrogen-bond donors (Lipinski definition) is 1. The van der Waals surface area contributed by atoms with Crippen molar-refractivity contribution in [3.8, 4) is 0 Å². The molecule has 1 aromatic carbocycles. The lowest BCUT2D eigenvalue weighted by molar-refractivity contribution is -0.116. The summed E-state index contributed by atoms with van der Waals surface area (Å²) in [7, 11) is 0. The van der Waals surface area contributed by atoms with E-state index in [9.17, 15) is 9.18 Å². The van der Waals surface area contributed by atoms with Crippen LogP contribution in [0.1, 0.15) is 5.56 Å². The number of aromatic nitrogens is 4. The van der Waals surface area contributed by atoms with Gasteiger partial charge in [-0.1, -0.05) is 17.7 Å². The van der Waals surface area contributed by atoms with Gasteiger partial charge in [-0.3, -0.25) is 14.2 Å². The summed E-state index contributed by atoms with van der Waals surface area (Å²) in [6.45, 7) is 0.253. The second kappa shape index (κ2) is 7.14. The molecule has 0 spiro atoms. The van der Waals surface area contributed by atoms with E-state index in [1.165, 1.54) is 21.6 Å². The molecule has 0 aliphatic heterocycles. The number of nitrogens with one attached hydrogen (secondary N) is 1. The van der Waals surface area contributed by atoms with Crippen LogP contribution >= 0.6 is 27.5 Å². The Hall–Kier alpha value is -2.19. The lowest BCUT2D eigenvalue weighted by Crippen LogP contribution is -2.18. The van der Waals surface area contributed by atoms with Gasteiger partial charge in [0.2, 0.25) is 5.91 Å². The lowest BCUT2D eigenvalue weighted by atomic mass is 10.2. The summed E-state index contributed by atoms with van der Waals surface area (Å²) in [5.74, 6) is -0.637. The molecule has 124 valence electrons. The minimum Gasteiger partial charge on any atom is -0.322 e. The molecule has 6 nitrogen and oxygen atoms in total. The zero-order valence-electron chi connectivity index (χ0n) is 12.3. The van der Waals surface area contributed by atoms with Crippen LogP contribution < -0.4 is 5.32 Å². The molecular formula is C15H12BrClFN5O. The molecule has 0 fully saturated rings. The summed E-state index contributed by atoms with van der Waals surface area (Å²) in [5, 5.41) is 11.2. The first-order chi connectivity index (χ1) is 11.5. The molecule has 0 saturated heterocycles. The number of nitrogens with zero attached hydrogens (tertiary/aromatic N) is 4. The van der Waals surface area contributed by atoms with E-state index in [1.807, 2.05) is 0 Å². The largest absolute Gasteiger partial charge is 0.322 e. The molecule has 2 aromatic heterocycles. The van der Waals surface area contributed by atoms with Crippen LogP contribution in [0.2, 0.25) is 5.02 Å². The van der Waals surface area contributed by atoms with Crippen molar-refractivity contribution in [2.24, 2.45) is 0 Å². The smallest absolute Gasteiger partial charge is 0.246 e. The molecule has 2 heterocycles. The van der Waals surface area contributed by atoms with Crippen LogP contribution in [-0.4, -0.2) is 25.5 Å². The van der Waals surface area contributed by atoms with Crippen molar-refractivity contribution in [3.05, 3.63) is 63.9 Å². The van der Waals surface area contributed by atoms with Gasteiger partial charge < -0.3 is 5.32 Å². The maximum atomic E-state index is 13.8. The molecule has 0 radical (unpaired) electrons. The molecule has 3 rings (SSSR count). The number of carbonyl (C=O) groups is 1. The third-order valence-corrected chi connectivity index (χ3v) is 3.97. The first kappa shape index (κ1) is 16.7. The van der Waals surface area contributed by atoms with Crippen LogP contribution in [0.5, 0.6) is 0 Å². The zero-order valence-corrected chi connectivity index (χ0v) is 14.6. The average molecular weight is 413 g/mol. The Labute approximate surface area is 150 Å². The molecular weight excluding hydrogens is 401 g/mol. The average Bonchev–Trinajstić information content (AvgIpc) is 3.12. The summed E-state index contributed by atoms with van der Waals surface area (Å²) in [4.78, 5) is 12.0. The molecule has 0 unspecified atom stereocenters. The molecule has 1 N–H and O–H groups in total. The standard InChI is InChI=1S/C15H12BrClFN5O/c16-10-4-19-22(6-10)9-15(24)21-11-5-20-23(7-11)8-12-13(17)2-1-3-14(12)18/h1-7H,8-9H2,(H,21,24). The van der Waals surface area contributed by atoms with Crippen molar-refractivity contribution in [1.82, 2.24) is 19.6 Å². The summed E-state index contributed by atoms with van der Waals surface area (Å²) in [5.41, 5.74) is 0.861. The molecule has 24 heavy (non-hydrogen) atoms. The second-order valence-corrected chi connectivity index (χ2v) is 6.35. The number of amides is 1. The number of rotatable bonds is 5. The van der Waals surface area contributed by atoms with Gasteiger partial charge in [-0.15, -0.1) is 0 Å². The second-order valence-electron chi connectivity index (χ2n) is 5.03. The first-order valence-corrected chi connectivity index (χ1v) is 8.11. The van der Waals surface area contributed by atoms with E-state index >= 15 is 0 Å². The third-order valence-electron chi connectivity index (χ3n) is 3.21. The molecule has 0 aliphatic carbocycles. The van der Waals surface area contributed by atoms with E-state index in [-0.39, 0.29) is 19.0 Å². The quantitative estimate of drug-likeness (QED) is 0.699. The monoisotopic (exact) mass is 411 g/mol. The van der Waals surface area contributed by atoms with Crippen LogP contribution in [0.25, 0.3) is 0 Å². The summed E-state index contributed by atoms with van der Waals surface area (Å²) >= 11 is 9.26. The molecule has 0 atom stereocenters. The van der Waals surface area contributed by atoms with Gasteiger partial charge in [0.25, 0.3) is 0 Å². The highest BCUT2D eigenvalue weighted by Crippen LogP contribution is 2.20. The van der Waals surface area contributed by atoms with E-state index in [1.54, 1.807) is 30.7 Å². The van der Waals surface area contributed by atoms with E-state index in [0.717, 1.165) is 4.47 Å². The van der Waals surface area contributed by atoms with Crippen molar-refractivity contribution in [2.45, 2.75) is 13.1 Å². The van der Waals surface area contributed by atoms with Crippen LogP contribution in [0.15, 0.2) is 47.5 Å². The summed E-state index contributed by atoms with van der Waals surface area (Å²) in [6, 6.07) is 4.51. The van der Waals surface area contributed by atoms with E-state index in [0.29, 0.717) is 16.3 Å². The van der Waals surface area contributed by atoms with E-state index in [2.05, 4.69) is 31.4 Å². The van der Waals surface area contributed by atoms with Crippen LogP contribution in [0.4, 0.5) is 10.1 Å². The summed E-state index contributed by atoms with van der Waals surface area (Å²) in [6.07, 6.45) is 6.40. The van der Waals surface area contributed by atoms with Gasteiger partial charge in [0, 0.05) is 23.0 Å². The topological polar surface area (TPSA) is 64.7 Å². The van der Waals surface area contributed by atoms with Gasteiger partial charge in [0.1, 0.15) is 12.4 Å². The lowest BCUT2D eigenvalue weighted by Gasteiger charge is -2.06. The number of benzene rings is 1. The molecule has 9 heteroatoms. The fourth-order valence-electron chi connectivity index (χ4n) is 2.13. The Kier molecular flexibility index (Phi) is 4.96. The number of halogens is 3. The number of carbonyl (C=O) groups excluding carboxylic acids is 1. The van der Waals surface area contributed by atoms with Crippen molar-refractivity contribution < 1.29 is 9.18 Å². The number of anilines is 1. The Morgan fingerprint density at radius 3 is 2.75 bits per heavy atom. The van der Waals surface area contributed by atoms with Gasteiger partial charge in [0.05, 0.1) is 29.1 Å². The molecule has 0 bridgehead atoms. The SMILES string of the molecule is O=C(Cn1cc(Br)cn1)Nc1cnn(Cc2c(F)cccc2Cl)c1. The first-order valence-electron chi connectivity index (χ1n) is 6.94. The Bertz CT molecular complexity index is 858. The minimum absolute atomic E-state index is 0.0793. The highest BCUT2D eigenvalue weighted by atomic mass is 79.9. The van der Waals surface area contributed by atoms with Crippen LogP contribution in [-0.2, 0) is 17.9 Å². The normalized spacial score (nSPS) is 10.8. The van der Waals surface area contributed by atoms with Crippen molar-refractivity contribution >= 4 is 39.1 Å². The minimum atomic E-state index is -0.396. The summed E-state index contributed by atoms with van der Waals surface area (Å²) < 4.78 is 17.6. The van der Waals surface area contributed by atoms with Gasteiger partial charge in [0.15, 0.2) is 0 Å². The Balaban J connectivity index is 1.64. The van der Waals surface area contributed by atoms with Crippen LogP contribution in [0.3, 0.4) is 0 Å². The Morgan fingerprint density at radius 2 is 2.04 bits per heavy atom. The molecule has 0 aliphatic rings. The van der Waals surface area contributed by atoms with Gasteiger partial charge in [-0.2, -0.15) is 10.2 Å². The van der Waals surface area contributed by atoms with Gasteiger partial charge >= 0.3 is 0 Å². The van der Waals surface area contributed by atoms with Crippen molar-refractivity contribution in [2.75, 3.05) is 5.32 Å². The van der Waals surface area contributed by atoms with Crippen molar-refractivity contribution in [1.29, 1.82) is 0 Å². The third kappa shape index (κ3) is 4.01. The maximum absolute atomic E-state index is 13.8. The van der Waals surface area contributed by atoms with Crippen LogP contribution in [0, 0.1) is 5.82 Å².